The third-order valence-corrected chi connectivity index (χ3v) is 0.801. The molecule has 0 atom stereocenters. The Kier molecular flexibility index (Phi) is 4.95. The first-order chi connectivity index (χ1) is 3.81. The molecule has 0 amide bonds. The average molecular weight is 119 g/mol. The molecule has 3 N–H and O–H groups in total. The second kappa shape index (κ2) is 5.03. The van der Waals surface area contributed by atoms with E-state index >= 15 is 0 Å². The van der Waals surface area contributed by atoms with Crippen molar-refractivity contribution in [3.05, 3.63) is 6.10 Å². The summed E-state index contributed by atoms with van der Waals surface area (Å²) in [5.41, 5.74) is 0. The summed E-state index contributed by atoms with van der Waals surface area (Å²) >= 11 is 0. The largest absolute Gasteiger partial charge is 0.396 e. The second-order valence-electron chi connectivity index (χ2n) is 1.51. The van der Waals surface area contributed by atoms with Crippen LogP contribution in [0, 0.1) is 6.10 Å². The summed E-state index contributed by atoms with van der Waals surface area (Å²) in [7, 11) is 0. The lowest BCUT2D eigenvalue weighted by atomic mass is 10.2. The molecule has 0 aromatic carbocycles. The smallest absolute Gasteiger partial charge is 0.0978 e. The average Bonchev–Trinajstić information content (AvgIpc) is 1.68. The van der Waals surface area contributed by atoms with Gasteiger partial charge in [0, 0.05) is 26.1 Å². The Hall–Kier alpha value is -0.120. The lowest BCUT2D eigenvalue weighted by molar-refractivity contribution is 0.184. The van der Waals surface area contributed by atoms with E-state index < -0.39 is 0 Å². The van der Waals surface area contributed by atoms with E-state index in [1.54, 1.807) is 0 Å². The molecule has 0 aliphatic carbocycles. The minimum Gasteiger partial charge on any atom is -0.396 e. The van der Waals surface area contributed by atoms with Crippen LogP contribution in [0.4, 0.5) is 0 Å². The molecule has 0 heterocycles. The van der Waals surface area contributed by atoms with Crippen molar-refractivity contribution in [1.82, 2.24) is 0 Å². The number of hydrogen-bond acceptors (Lipinski definition) is 3. The maximum Gasteiger partial charge on any atom is 0.0978 e. The first kappa shape index (κ1) is 7.88. The van der Waals surface area contributed by atoms with Crippen LogP contribution in [0.25, 0.3) is 0 Å². The van der Waals surface area contributed by atoms with E-state index in [-0.39, 0.29) is 32.2 Å². The van der Waals surface area contributed by atoms with Crippen molar-refractivity contribution in [2.45, 2.75) is 12.8 Å². The van der Waals surface area contributed by atoms with Gasteiger partial charge >= 0.3 is 0 Å². The molecule has 0 aliphatic rings. The Morgan fingerprint density at radius 3 is 1.62 bits per heavy atom. The lowest BCUT2D eigenvalue weighted by Gasteiger charge is -2.02. The highest BCUT2D eigenvalue weighted by atomic mass is 16.3. The van der Waals surface area contributed by atoms with Gasteiger partial charge in [-0.2, -0.15) is 0 Å². The molecule has 1 radical (unpaired) electrons. The van der Waals surface area contributed by atoms with E-state index in [2.05, 4.69) is 0 Å². The summed E-state index contributed by atoms with van der Waals surface area (Å²) in [4.78, 5) is 0. The normalized spacial score (nSPS) is 10.5. The van der Waals surface area contributed by atoms with Crippen LogP contribution in [-0.2, 0) is 0 Å². The predicted molar refractivity (Wildman–Crippen MR) is 28.6 cm³/mol. The van der Waals surface area contributed by atoms with Crippen molar-refractivity contribution in [2.75, 3.05) is 13.2 Å². The van der Waals surface area contributed by atoms with Crippen molar-refractivity contribution < 1.29 is 15.3 Å². The summed E-state index contributed by atoms with van der Waals surface area (Å²) in [6.07, 6.45) is 0.719. The summed E-state index contributed by atoms with van der Waals surface area (Å²) in [5, 5.41) is 25.0. The molecule has 0 fully saturated rings. The number of aliphatic hydroxyl groups excluding tert-OH is 3. The molecule has 8 heavy (non-hydrogen) atoms. The van der Waals surface area contributed by atoms with Gasteiger partial charge in [-0.05, 0) is 0 Å². The van der Waals surface area contributed by atoms with Crippen molar-refractivity contribution in [2.24, 2.45) is 0 Å². The Morgan fingerprint density at radius 1 is 1.00 bits per heavy atom. The molecule has 0 aromatic rings. The third kappa shape index (κ3) is 4.05. The summed E-state index contributed by atoms with van der Waals surface area (Å²) in [5.74, 6) is 0. The van der Waals surface area contributed by atoms with E-state index in [0.717, 1.165) is 0 Å². The molecule has 0 saturated carbocycles. The van der Waals surface area contributed by atoms with Gasteiger partial charge in [-0.1, -0.05) is 0 Å². The number of hydrogen-bond donors (Lipinski definition) is 3. The predicted octanol–water partition coefficient (Wildman–Crippen LogP) is -0.344. The number of rotatable bonds is 4. The van der Waals surface area contributed by atoms with E-state index in [1.807, 2.05) is 0 Å². The van der Waals surface area contributed by atoms with Crippen molar-refractivity contribution in [3.8, 4) is 0 Å². The van der Waals surface area contributed by atoms with E-state index in [4.69, 9.17) is 15.3 Å². The van der Waals surface area contributed by atoms with Gasteiger partial charge in [0.05, 0.1) is 6.10 Å². The monoisotopic (exact) mass is 119 g/mol. The SMILES string of the molecule is OCC[C](O)CCO. The summed E-state index contributed by atoms with van der Waals surface area (Å²) in [6, 6.07) is 0. The Labute approximate surface area is 48.6 Å². The zero-order chi connectivity index (χ0) is 6.41. The Morgan fingerprint density at radius 2 is 1.38 bits per heavy atom. The Balaban J connectivity index is 2.92. The van der Waals surface area contributed by atoms with Crippen LogP contribution in [0.15, 0.2) is 0 Å². The molecule has 0 rings (SSSR count). The van der Waals surface area contributed by atoms with Gasteiger partial charge in [0.2, 0.25) is 0 Å². The molecule has 0 aliphatic heterocycles. The van der Waals surface area contributed by atoms with Crippen LogP contribution in [0.1, 0.15) is 12.8 Å². The zero-order valence-electron chi connectivity index (χ0n) is 4.67. The van der Waals surface area contributed by atoms with Gasteiger partial charge in [-0.25, -0.2) is 0 Å². The molecule has 3 nitrogen and oxygen atoms in total. The van der Waals surface area contributed by atoms with Crippen LogP contribution in [0.5, 0.6) is 0 Å². The fourth-order valence-corrected chi connectivity index (χ4v) is 0.383. The second-order valence-corrected chi connectivity index (χ2v) is 1.51. The fraction of sp³-hybridized carbons (Fsp3) is 0.800. The highest BCUT2D eigenvalue weighted by molar-refractivity contribution is 4.72. The summed E-state index contributed by atoms with van der Waals surface area (Å²) in [6.45, 7) is -0.0995. The van der Waals surface area contributed by atoms with E-state index in [9.17, 15) is 0 Å². The van der Waals surface area contributed by atoms with Crippen LogP contribution in [0.2, 0.25) is 0 Å². The number of aliphatic hydroxyl groups is 3. The maximum absolute atomic E-state index is 8.65. The highest BCUT2D eigenvalue weighted by Gasteiger charge is 2.00. The molecular weight excluding hydrogens is 108 g/mol. The van der Waals surface area contributed by atoms with Crippen molar-refractivity contribution in [3.63, 3.8) is 0 Å². The topological polar surface area (TPSA) is 60.7 Å². The minimum absolute atomic E-state index is 0.0498. The van der Waals surface area contributed by atoms with Crippen LogP contribution >= 0.6 is 0 Å². The standard InChI is InChI=1S/C5H11O3/c6-3-1-5(8)2-4-7/h6-8H,1-4H2. The maximum atomic E-state index is 8.65. The third-order valence-electron chi connectivity index (χ3n) is 0.801. The molecular formula is C5H11O3. The molecule has 0 spiro atoms. The van der Waals surface area contributed by atoms with Gasteiger partial charge in [-0.15, -0.1) is 0 Å². The molecule has 49 valence electrons. The fourth-order valence-electron chi connectivity index (χ4n) is 0.383. The van der Waals surface area contributed by atoms with Crippen LogP contribution < -0.4 is 0 Å². The van der Waals surface area contributed by atoms with Gasteiger partial charge in [-0.3, -0.25) is 0 Å². The quantitative estimate of drug-likeness (QED) is 0.474. The zero-order valence-corrected chi connectivity index (χ0v) is 4.67. The van der Waals surface area contributed by atoms with Gasteiger partial charge in [0.25, 0.3) is 0 Å². The van der Waals surface area contributed by atoms with Crippen molar-refractivity contribution in [1.29, 1.82) is 0 Å². The molecule has 0 bridgehead atoms. The molecule has 0 aromatic heterocycles. The van der Waals surface area contributed by atoms with Crippen LogP contribution in [0.3, 0.4) is 0 Å². The minimum atomic E-state index is -0.0498. The van der Waals surface area contributed by atoms with Gasteiger partial charge in [0.1, 0.15) is 0 Å². The highest BCUT2D eigenvalue weighted by Crippen LogP contribution is 2.03. The molecule has 0 saturated heterocycles. The van der Waals surface area contributed by atoms with Crippen LogP contribution in [-0.4, -0.2) is 28.5 Å². The first-order valence-corrected chi connectivity index (χ1v) is 2.56. The van der Waals surface area contributed by atoms with Gasteiger partial charge in [0.15, 0.2) is 0 Å². The molecule has 0 unspecified atom stereocenters. The molecule has 3 heteroatoms. The first-order valence-electron chi connectivity index (χ1n) is 2.56. The van der Waals surface area contributed by atoms with Gasteiger partial charge < -0.3 is 15.3 Å². The van der Waals surface area contributed by atoms with Crippen molar-refractivity contribution >= 4 is 0 Å². The Bertz CT molecular complexity index is 40.9. The lowest BCUT2D eigenvalue weighted by Crippen LogP contribution is -2.00. The van der Waals surface area contributed by atoms with E-state index in [0.29, 0.717) is 0 Å². The summed E-state index contributed by atoms with van der Waals surface area (Å²) < 4.78 is 0. The van der Waals surface area contributed by atoms with E-state index in [1.165, 1.54) is 0 Å².